The molecule has 1 fully saturated rings. The number of fused-ring (bicyclic) bond motifs is 1. The Bertz CT molecular complexity index is 1410. The Morgan fingerprint density at radius 3 is 2.93 bits per heavy atom. The Hall–Kier alpha value is -4.08. The molecular weight excluding hydrogens is 386 g/mol. The maximum absolute atomic E-state index is 11.4. The van der Waals surface area contributed by atoms with Gasteiger partial charge in [-0.05, 0) is 31.1 Å². The topological polar surface area (TPSA) is 133 Å². The van der Waals surface area contributed by atoms with Crippen LogP contribution in [0.3, 0.4) is 0 Å². The summed E-state index contributed by atoms with van der Waals surface area (Å²) in [6, 6.07) is 9.68. The second kappa shape index (κ2) is 7.07. The second-order valence-electron chi connectivity index (χ2n) is 7.04. The highest BCUT2D eigenvalue weighted by Crippen LogP contribution is 2.23. The average Bonchev–Trinajstić information content (AvgIpc) is 3.37. The highest BCUT2D eigenvalue weighted by atomic mass is 16.5. The SMILES string of the molecule is COc1cccc(Nc2cc(=NC3CC3)n3ncc(=Cc4[nH]c(=O)[nH]c4O)c3n2)c1. The molecule has 1 aliphatic carbocycles. The van der Waals surface area contributed by atoms with Gasteiger partial charge in [0, 0.05) is 23.0 Å². The molecule has 3 aromatic heterocycles. The molecule has 0 spiro atoms. The van der Waals surface area contributed by atoms with Crippen LogP contribution in [0.4, 0.5) is 11.5 Å². The maximum atomic E-state index is 11.4. The molecule has 30 heavy (non-hydrogen) atoms. The average molecular weight is 405 g/mol. The molecule has 0 unspecified atom stereocenters. The van der Waals surface area contributed by atoms with Crippen LogP contribution in [0.25, 0.3) is 11.7 Å². The minimum absolute atomic E-state index is 0.243. The Labute approximate surface area is 169 Å². The number of hydrogen-bond acceptors (Lipinski definition) is 7. The number of aromatic amines is 2. The number of benzene rings is 1. The lowest BCUT2D eigenvalue weighted by atomic mass is 10.3. The number of nitrogens with zero attached hydrogens (tertiary/aromatic N) is 4. The molecule has 0 atom stereocenters. The van der Waals surface area contributed by atoms with Gasteiger partial charge in [-0.25, -0.2) is 9.78 Å². The van der Waals surface area contributed by atoms with Crippen molar-refractivity contribution >= 4 is 23.2 Å². The fraction of sp³-hybridized carbons (Fsp3) is 0.200. The number of nitrogens with one attached hydrogen (secondary N) is 3. The van der Waals surface area contributed by atoms with Crippen LogP contribution in [0.2, 0.25) is 0 Å². The molecule has 1 aromatic carbocycles. The number of ether oxygens (including phenoxy) is 1. The third-order valence-corrected chi connectivity index (χ3v) is 4.72. The Morgan fingerprint density at radius 1 is 1.33 bits per heavy atom. The van der Waals surface area contributed by atoms with E-state index in [-0.39, 0.29) is 11.6 Å². The molecule has 0 radical (unpaired) electrons. The van der Waals surface area contributed by atoms with E-state index in [1.54, 1.807) is 23.9 Å². The van der Waals surface area contributed by atoms with Crippen LogP contribution >= 0.6 is 0 Å². The monoisotopic (exact) mass is 405 g/mol. The molecule has 1 aliphatic rings. The van der Waals surface area contributed by atoms with Gasteiger partial charge in [-0.15, -0.1) is 0 Å². The summed E-state index contributed by atoms with van der Waals surface area (Å²) in [5.41, 5.74) is 1.81. The molecule has 10 heteroatoms. The van der Waals surface area contributed by atoms with Gasteiger partial charge in [-0.1, -0.05) is 6.07 Å². The van der Waals surface area contributed by atoms with E-state index in [4.69, 9.17) is 9.73 Å². The molecular formula is C20H19N7O3. The standard InChI is InChI=1S/C20H19N7O3/c1-30-14-4-2-3-13(8-14)22-16-9-17(23-12-5-6-12)27-18(25-16)11(10-21-27)7-15-19(28)26-20(29)24-15/h2-4,7-10,12,22,28H,5-6H2,1H3,(H2,24,26,29). The first kappa shape index (κ1) is 18.0. The Kier molecular flexibility index (Phi) is 4.24. The van der Waals surface area contributed by atoms with E-state index in [0.717, 1.165) is 24.3 Å². The molecule has 0 saturated heterocycles. The van der Waals surface area contributed by atoms with Gasteiger partial charge < -0.3 is 20.1 Å². The number of imidazole rings is 1. The third kappa shape index (κ3) is 3.50. The minimum Gasteiger partial charge on any atom is -0.497 e. The van der Waals surface area contributed by atoms with Crippen molar-refractivity contribution in [3.8, 4) is 11.6 Å². The summed E-state index contributed by atoms with van der Waals surface area (Å²) in [4.78, 5) is 25.7. The summed E-state index contributed by atoms with van der Waals surface area (Å²) in [6.07, 6.45) is 5.34. The van der Waals surface area contributed by atoms with Gasteiger partial charge in [0.05, 0.1) is 19.3 Å². The molecule has 152 valence electrons. The van der Waals surface area contributed by atoms with Crippen molar-refractivity contribution in [3.63, 3.8) is 0 Å². The largest absolute Gasteiger partial charge is 0.497 e. The zero-order valence-corrected chi connectivity index (χ0v) is 16.1. The lowest BCUT2D eigenvalue weighted by Gasteiger charge is -2.08. The number of methoxy groups -OCH3 is 1. The molecule has 0 aliphatic heterocycles. The summed E-state index contributed by atoms with van der Waals surface area (Å²) in [6.45, 7) is 0. The molecule has 3 heterocycles. The third-order valence-electron chi connectivity index (χ3n) is 4.72. The van der Waals surface area contributed by atoms with Gasteiger partial charge in [0.15, 0.2) is 11.1 Å². The van der Waals surface area contributed by atoms with Crippen molar-refractivity contribution in [1.82, 2.24) is 24.6 Å². The van der Waals surface area contributed by atoms with Crippen molar-refractivity contribution in [1.29, 1.82) is 0 Å². The summed E-state index contributed by atoms with van der Waals surface area (Å²) < 4.78 is 6.94. The highest BCUT2D eigenvalue weighted by molar-refractivity contribution is 5.62. The summed E-state index contributed by atoms with van der Waals surface area (Å²) >= 11 is 0. The van der Waals surface area contributed by atoms with Crippen LogP contribution in [-0.2, 0) is 0 Å². The summed E-state index contributed by atoms with van der Waals surface area (Å²) in [5, 5.41) is 18.2. The molecule has 5 rings (SSSR count). The number of H-pyrrole nitrogens is 2. The van der Waals surface area contributed by atoms with Crippen molar-refractivity contribution < 1.29 is 9.84 Å². The van der Waals surface area contributed by atoms with Gasteiger partial charge in [-0.3, -0.25) is 9.98 Å². The summed E-state index contributed by atoms with van der Waals surface area (Å²) in [5.74, 6) is 1.08. The Balaban J connectivity index is 1.66. The van der Waals surface area contributed by atoms with Crippen LogP contribution in [0.5, 0.6) is 11.6 Å². The maximum Gasteiger partial charge on any atom is 0.326 e. The smallest absolute Gasteiger partial charge is 0.326 e. The van der Waals surface area contributed by atoms with E-state index < -0.39 is 5.69 Å². The van der Waals surface area contributed by atoms with Crippen LogP contribution in [0.1, 0.15) is 18.5 Å². The molecule has 1 saturated carbocycles. The lowest BCUT2D eigenvalue weighted by molar-refractivity contribution is 0.415. The van der Waals surface area contributed by atoms with E-state index in [1.165, 1.54) is 0 Å². The van der Waals surface area contributed by atoms with Crippen LogP contribution in [-0.4, -0.2) is 42.8 Å². The first-order valence-corrected chi connectivity index (χ1v) is 9.46. The quantitative estimate of drug-likeness (QED) is 0.388. The van der Waals surface area contributed by atoms with Crippen molar-refractivity contribution in [2.45, 2.75) is 18.9 Å². The van der Waals surface area contributed by atoms with E-state index in [1.807, 2.05) is 30.3 Å². The van der Waals surface area contributed by atoms with Crippen LogP contribution < -0.4 is 26.4 Å². The fourth-order valence-electron chi connectivity index (χ4n) is 3.11. The van der Waals surface area contributed by atoms with Crippen molar-refractivity contribution in [3.05, 3.63) is 63.4 Å². The minimum atomic E-state index is -0.493. The normalized spacial score (nSPS) is 15.1. The summed E-state index contributed by atoms with van der Waals surface area (Å²) in [7, 11) is 1.62. The molecule has 10 nitrogen and oxygen atoms in total. The van der Waals surface area contributed by atoms with E-state index in [0.29, 0.717) is 28.2 Å². The Morgan fingerprint density at radius 2 is 2.20 bits per heavy atom. The van der Waals surface area contributed by atoms with Gasteiger partial charge >= 0.3 is 5.69 Å². The lowest BCUT2D eigenvalue weighted by Crippen LogP contribution is -2.19. The molecule has 0 bridgehead atoms. The first-order chi connectivity index (χ1) is 14.6. The first-order valence-electron chi connectivity index (χ1n) is 9.46. The number of aromatic hydroxyl groups is 1. The zero-order valence-electron chi connectivity index (χ0n) is 16.1. The molecule has 4 N–H and O–H groups in total. The fourth-order valence-corrected chi connectivity index (χ4v) is 3.11. The van der Waals surface area contributed by atoms with Gasteiger partial charge in [0.1, 0.15) is 17.3 Å². The predicted molar refractivity (Wildman–Crippen MR) is 110 cm³/mol. The molecule has 0 amide bonds. The van der Waals surface area contributed by atoms with E-state index in [9.17, 15) is 9.90 Å². The number of anilines is 2. The highest BCUT2D eigenvalue weighted by Gasteiger charge is 2.20. The predicted octanol–water partition coefficient (Wildman–Crippen LogP) is 0.814. The van der Waals surface area contributed by atoms with Crippen molar-refractivity contribution in [2.24, 2.45) is 4.99 Å². The van der Waals surface area contributed by atoms with Gasteiger partial charge in [0.2, 0.25) is 5.88 Å². The second-order valence-corrected chi connectivity index (χ2v) is 7.04. The zero-order chi connectivity index (χ0) is 20.7. The van der Waals surface area contributed by atoms with E-state index in [2.05, 4.69) is 25.4 Å². The number of aromatic nitrogens is 5. The number of hydrogen-bond donors (Lipinski definition) is 4. The van der Waals surface area contributed by atoms with Gasteiger partial charge in [-0.2, -0.15) is 9.61 Å². The van der Waals surface area contributed by atoms with Crippen LogP contribution in [0, 0.1) is 0 Å². The van der Waals surface area contributed by atoms with Gasteiger partial charge in [0.25, 0.3) is 0 Å². The van der Waals surface area contributed by atoms with Crippen LogP contribution in [0.15, 0.2) is 46.3 Å². The van der Waals surface area contributed by atoms with Crippen molar-refractivity contribution in [2.75, 3.05) is 12.4 Å². The number of rotatable bonds is 5. The molecule has 4 aromatic rings. The van der Waals surface area contributed by atoms with E-state index >= 15 is 0 Å².